The summed E-state index contributed by atoms with van der Waals surface area (Å²) >= 11 is 0. The first-order chi connectivity index (χ1) is 11.1. The van der Waals surface area contributed by atoms with Crippen molar-refractivity contribution in [2.24, 2.45) is 11.7 Å². The third kappa shape index (κ3) is 7.70. The SMILES string of the molecule is CC(C)C[C@H](N)C(=O)N[C@H](C=O)Cc1ccc(OP(=O)(O)O)cc1. The van der Waals surface area contributed by atoms with Crippen molar-refractivity contribution in [1.82, 2.24) is 5.32 Å². The van der Waals surface area contributed by atoms with Crippen molar-refractivity contribution < 1.29 is 28.5 Å². The smallest absolute Gasteiger partial charge is 0.404 e. The van der Waals surface area contributed by atoms with Gasteiger partial charge in [0.1, 0.15) is 12.0 Å². The van der Waals surface area contributed by atoms with Gasteiger partial charge in [-0.1, -0.05) is 26.0 Å². The van der Waals surface area contributed by atoms with E-state index in [9.17, 15) is 14.2 Å². The average Bonchev–Trinajstić information content (AvgIpc) is 2.46. The number of benzene rings is 1. The fraction of sp³-hybridized carbons (Fsp3) is 0.467. The summed E-state index contributed by atoms with van der Waals surface area (Å²) in [6.45, 7) is 3.90. The zero-order valence-corrected chi connectivity index (χ0v) is 14.5. The van der Waals surface area contributed by atoms with Crippen molar-refractivity contribution in [3.8, 4) is 5.75 Å². The van der Waals surface area contributed by atoms with E-state index in [0.717, 1.165) is 0 Å². The molecule has 0 saturated carbocycles. The zero-order valence-electron chi connectivity index (χ0n) is 13.6. The lowest BCUT2D eigenvalue weighted by molar-refractivity contribution is -0.125. The molecule has 24 heavy (non-hydrogen) atoms. The number of carbonyl (C=O) groups excluding carboxylic acids is 2. The van der Waals surface area contributed by atoms with Crippen LogP contribution in [0.3, 0.4) is 0 Å². The van der Waals surface area contributed by atoms with Gasteiger partial charge in [-0.25, -0.2) is 4.57 Å². The van der Waals surface area contributed by atoms with Crippen LogP contribution in [0.2, 0.25) is 0 Å². The number of hydrogen-bond donors (Lipinski definition) is 4. The number of nitrogens with two attached hydrogens (primary N) is 1. The van der Waals surface area contributed by atoms with Gasteiger partial charge in [-0.2, -0.15) is 0 Å². The molecule has 8 nitrogen and oxygen atoms in total. The second kappa shape index (κ2) is 8.94. The van der Waals surface area contributed by atoms with Gasteiger partial charge in [0, 0.05) is 0 Å². The summed E-state index contributed by atoms with van der Waals surface area (Å²) in [5.74, 6) is -0.109. The minimum Gasteiger partial charge on any atom is -0.404 e. The molecule has 9 heteroatoms. The molecule has 0 aliphatic rings. The summed E-state index contributed by atoms with van der Waals surface area (Å²) in [5.41, 5.74) is 6.47. The quantitative estimate of drug-likeness (QED) is 0.377. The Kier molecular flexibility index (Phi) is 7.57. The predicted molar refractivity (Wildman–Crippen MR) is 88.2 cm³/mol. The maximum Gasteiger partial charge on any atom is 0.524 e. The molecular formula is C15H23N2O6P. The van der Waals surface area contributed by atoms with E-state index in [1.807, 2.05) is 13.8 Å². The number of rotatable bonds is 9. The Balaban J connectivity index is 2.63. The van der Waals surface area contributed by atoms with E-state index in [1.165, 1.54) is 12.1 Å². The molecule has 0 aliphatic heterocycles. The molecule has 134 valence electrons. The number of hydrogen-bond acceptors (Lipinski definition) is 5. The van der Waals surface area contributed by atoms with Crippen LogP contribution in [0.4, 0.5) is 0 Å². The van der Waals surface area contributed by atoms with Crippen LogP contribution in [0, 0.1) is 5.92 Å². The summed E-state index contributed by atoms with van der Waals surface area (Å²) in [5, 5.41) is 2.59. The van der Waals surface area contributed by atoms with Gasteiger partial charge in [-0.15, -0.1) is 0 Å². The third-order valence-electron chi connectivity index (χ3n) is 3.16. The zero-order chi connectivity index (χ0) is 18.3. The molecule has 0 unspecified atom stereocenters. The van der Waals surface area contributed by atoms with Crippen LogP contribution < -0.4 is 15.6 Å². The Bertz CT molecular complexity index is 598. The average molecular weight is 358 g/mol. The minimum atomic E-state index is -4.60. The van der Waals surface area contributed by atoms with Crippen LogP contribution >= 0.6 is 7.82 Å². The fourth-order valence-corrected chi connectivity index (χ4v) is 2.51. The van der Waals surface area contributed by atoms with Crippen molar-refractivity contribution in [3.05, 3.63) is 29.8 Å². The Morgan fingerprint density at radius 1 is 1.33 bits per heavy atom. The summed E-state index contributed by atoms with van der Waals surface area (Å²) in [7, 11) is -4.60. The molecule has 0 aromatic heterocycles. The number of phosphoric ester groups is 1. The molecule has 1 rings (SSSR count). The number of aldehydes is 1. The number of nitrogens with one attached hydrogen (secondary N) is 1. The van der Waals surface area contributed by atoms with Gasteiger partial charge in [0.25, 0.3) is 0 Å². The van der Waals surface area contributed by atoms with Gasteiger partial charge < -0.3 is 20.4 Å². The summed E-state index contributed by atoms with van der Waals surface area (Å²) < 4.78 is 15.2. The van der Waals surface area contributed by atoms with Gasteiger partial charge >= 0.3 is 7.82 Å². The second-order valence-electron chi connectivity index (χ2n) is 5.92. The Morgan fingerprint density at radius 2 is 1.92 bits per heavy atom. The second-order valence-corrected chi connectivity index (χ2v) is 7.08. The first-order valence-electron chi connectivity index (χ1n) is 7.46. The molecule has 0 aliphatic carbocycles. The molecule has 1 amide bonds. The lowest BCUT2D eigenvalue weighted by Crippen LogP contribution is -2.47. The van der Waals surface area contributed by atoms with Crippen LogP contribution in [-0.4, -0.2) is 34.1 Å². The maximum absolute atomic E-state index is 11.9. The van der Waals surface area contributed by atoms with E-state index >= 15 is 0 Å². The van der Waals surface area contributed by atoms with E-state index in [-0.39, 0.29) is 24.0 Å². The predicted octanol–water partition coefficient (Wildman–Crippen LogP) is 0.758. The van der Waals surface area contributed by atoms with Crippen molar-refractivity contribution in [2.75, 3.05) is 0 Å². The van der Waals surface area contributed by atoms with E-state index < -0.39 is 19.9 Å². The highest BCUT2D eigenvalue weighted by molar-refractivity contribution is 7.46. The molecule has 5 N–H and O–H groups in total. The van der Waals surface area contributed by atoms with Gasteiger partial charge in [0.15, 0.2) is 0 Å². The van der Waals surface area contributed by atoms with Gasteiger partial charge in [0.05, 0.1) is 12.1 Å². The lowest BCUT2D eigenvalue weighted by Gasteiger charge is -2.18. The largest absolute Gasteiger partial charge is 0.524 e. The monoisotopic (exact) mass is 358 g/mol. The van der Waals surface area contributed by atoms with Crippen LogP contribution in [0.1, 0.15) is 25.8 Å². The van der Waals surface area contributed by atoms with Gasteiger partial charge in [0.2, 0.25) is 5.91 Å². The lowest BCUT2D eigenvalue weighted by atomic mass is 10.0. The highest BCUT2D eigenvalue weighted by Crippen LogP contribution is 2.37. The van der Waals surface area contributed by atoms with Crippen molar-refractivity contribution in [2.45, 2.75) is 38.8 Å². The highest BCUT2D eigenvalue weighted by atomic mass is 31.2. The first kappa shape index (κ1) is 20.3. The molecule has 0 radical (unpaired) electrons. The molecule has 0 spiro atoms. The van der Waals surface area contributed by atoms with Crippen LogP contribution in [0.5, 0.6) is 5.75 Å². The third-order valence-corrected chi connectivity index (χ3v) is 3.61. The molecule has 0 fully saturated rings. The summed E-state index contributed by atoms with van der Waals surface area (Å²) in [4.78, 5) is 40.5. The molecule has 0 heterocycles. The topological polar surface area (TPSA) is 139 Å². The fourth-order valence-electron chi connectivity index (χ4n) is 2.12. The number of carbonyl (C=O) groups is 2. The van der Waals surface area contributed by atoms with E-state index in [4.69, 9.17) is 15.5 Å². The summed E-state index contributed by atoms with van der Waals surface area (Å²) in [6.07, 6.45) is 1.38. The van der Waals surface area contributed by atoms with Crippen LogP contribution in [-0.2, 0) is 20.6 Å². The highest BCUT2D eigenvalue weighted by Gasteiger charge is 2.19. The Hall–Kier alpha value is -1.73. The standard InChI is InChI=1S/C15H23N2O6P/c1-10(2)7-14(16)15(19)17-12(9-18)8-11-3-5-13(6-4-11)23-24(20,21)22/h3-6,9-10,12,14H,7-8,16H2,1-2H3,(H,17,19)(H2,20,21,22)/t12-,14-/m0/s1. The van der Waals surface area contributed by atoms with Gasteiger partial charge in [-0.05, 0) is 36.5 Å². The number of amides is 1. The van der Waals surface area contributed by atoms with E-state index in [0.29, 0.717) is 18.3 Å². The maximum atomic E-state index is 11.9. The molecule has 1 aromatic carbocycles. The molecule has 0 bridgehead atoms. The Morgan fingerprint density at radius 3 is 2.38 bits per heavy atom. The van der Waals surface area contributed by atoms with Crippen molar-refractivity contribution >= 4 is 20.0 Å². The molecule has 1 aromatic rings. The van der Waals surface area contributed by atoms with Crippen LogP contribution in [0.25, 0.3) is 0 Å². The van der Waals surface area contributed by atoms with Gasteiger partial charge in [-0.3, -0.25) is 14.6 Å². The van der Waals surface area contributed by atoms with E-state index in [1.54, 1.807) is 12.1 Å². The summed E-state index contributed by atoms with van der Waals surface area (Å²) in [6, 6.07) is 4.46. The number of phosphoric acid groups is 1. The molecule has 0 saturated heterocycles. The van der Waals surface area contributed by atoms with Crippen molar-refractivity contribution in [1.29, 1.82) is 0 Å². The minimum absolute atomic E-state index is 0.0118. The van der Waals surface area contributed by atoms with Crippen molar-refractivity contribution in [3.63, 3.8) is 0 Å². The molecular weight excluding hydrogens is 335 g/mol. The van der Waals surface area contributed by atoms with E-state index in [2.05, 4.69) is 9.84 Å². The van der Waals surface area contributed by atoms with Crippen LogP contribution in [0.15, 0.2) is 24.3 Å². The molecule has 2 atom stereocenters. The first-order valence-corrected chi connectivity index (χ1v) is 8.99. The normalized spacial score (nSPS) is 14.1. The Labute approximate surface area is 140 Å².